The van der Waals surface area contributed by atoms with Crippen LogP contribution in [0.5, 0.6) is 0 Å². The van der Waals surface area contributed by atoms with Crippen molar-refractivity contribution < 1.29 is 4.79 Å². The molecular formula is C20H19N7O. The fraction of sp³-hybridized carbons (Fsp3) is 0.150. The monoisotopic (exact) mass is 373 g/mol. The first-order chi connectivity index (χ1) is 13.7. The summed E-state index contributed by atoms with van der Waals surface area (Å²) in [6.45, 7) is 2.62. The molecule has 4 aromatic rings. The lowest BCUT2D eigenvalue weighted by Crippen LogP contribution is -2.19. The lowest BCUT2D eigenvalue weighted by molar-refractivity contribution is -0.116. The summed E-state index contributed by atoms with van der Waals surface area (Å²) in [6, 6.07) is 15.6. The van der Waals surface area contributed by atoms with E-state index in [4.69, 9.17) is 0 Å². The number of carbonyl (C=O) groups excluding carboxylic acids is 1. The summed E-state index contributed by atoms with van der Waals surface area (Å²) in [4.78, 5) is 12.3. The predicted molar refractivity (Wildman–Crippen MR) is 104 cm³/mol. The summed E-state index contributed by atoms with van der Waals surface area (Å²) in [5, 5.41) is 19.6. The average Bonchev–Trinajstić information content (AvgIpc) is 3.33. The van der Waals surface area contributed by atoms with Gasteiger partial charge in [-0.05, 0) is 24.6 Å². The van der Waals surface area contributed by atoms with Gasteiger partial charge >= 0.3 is 0 Å². The van der Waals surface area contributed by atoms with Crippen LogP contribution in [0.25, 0.3) is 11.3 Å². The lowest BCUT2D eigenvalue weighted by atomic mass is 10.2. The van der Waals surface area contributed by atoms with E-state index in [-0.39, 0.29) is 12.5 Å². The molecule has 0 saturated carbocycles. The van der Waals surface area contributed by atoms with Crippen molar-refractivity contribution in [3.63, 3.8) is 0 Å². The normalized spacial score (nSPS) is 10.8. The van der Waals surface area contributed by atoms with Gasteiger partial charge in [0.1, 0.15) is 6.54 Å². The molecule has 8 nitrogen and oxygen atoms in total. The molecule has 1 N–H and O–H groups in total. The second-order valence-corrected chi connectivity index (χ2v) is 6.42. The number of nitrogens with zero attached hydrogens (tertiary/aromatic N) is 6. The number of aryl methyl sites for hydroxylation is 1. The Morgan fingerprint density at radius 3 is 2.68 bits per heavy atom. The summed E-state index contributed by atoms with van der Waals surface area (Å²) < 4.78 is 3.35. The summed E-state index contributed by atoms with van der Waals surface area (Å²) >= 11 is 0. The van der Waals surface area contributed by atoms with Crippen LogP contribution in [0, 0.1) is 6.92 Å². The van der Waals surface area contributed by atoms with Crippen molar-refractivity contribution in [3.8, 4) is 11.3 Å². The van der Waals surface area contributed by atoms with Gasteiger partial charge in [0.2, 0.25) is 5.91 Å². The molecule has 3 aromatic heterocycles. The van der Waals surface area contributed by atoms with Crippen LogP contribution in [0.1, 0.15) is 11.3 Å². The number of hydrogen-bond acceptors (Lipinski definition) is 5. The SMILES string of the molecule is Cc1ccc(-c2cnn(CC(=O)Nc3ccn(Cc4ccccc4)n3)c2)nn1. The lowest BCUT2D eigenvalue weighted by Gasteiger charge is -2.03. The maximum atomic E-state index is 12.3. The third-order valence-electron chi connectivity index (χ3n) is 4.13. The molecule has 0 fully saturated rings. The summed E-state index contributed by atoms with van der Waals surface area (Å²) in [7, 11) is 0. The molecular weight excluding hydrogens is 354 g/mol. The Morgan fingerprint density at radius 2 is 1.89 bits per heavy atom. The minimum Gasteiger partial charge on any atom is -0.308 e. The van der Waals surface area contributed by atoms with E-state index in [1.54, 1.807) is 27.8 Å². The molecule has 0 aliphatic carbocycles. The highest BCUT2D eigenvalue weighted by Crippen LogP contribution is 2.15. The minimum absolute atomic E-state index is 0.0881. The Kier molecular flexibility index (Phi) is 4.92. The molecule has 1 amide bonds. The van der Waals surface area contributed by atoms with Gasteiger partial charge in [-0.25, -0.2) is 0 Å². The van der Waals surface area contributed by atoms with Crippen molar-refractivity contribution in [1.82, 2.24) is 29.8 Å². The zero-order valence-electron chi connectivity index (χ0n) is 15.4. The molecule has 0 saturated heterocycles. The quantitative estimate of drug-likeness (QED) is 0.561. The third-order valence-corrected chi connectivity index (χ3v) is 4.13. The van der Waals surface area contributed by atoms with Crippen molar-refractivity contribution in [2.45, 2.75) is 20.0 Å². The number of amides is 1. The van der Waals surface area contributed by atoms with E-state index in [1.165, 1.54) is 0 Å². The highest BCUT2D eigenvalue weighted by Gasteiger charge is 2.09. The van der Waals surface area contributed by atoms with Gasteiger partial charge in [0.15, 0.2) is 5.82 Å². The molecule has 0 spiro atoms. The van der Waals surface area contributed by atoms with E-state index >= 15 is 0 Å². The second kappa shape index (κ2) is 7.83. The van der Waals surface area contributed by atoms with E-state index in [9.17, 15) is 4.79 Å². The van der Waals surface area contributed by atoms with Crippen LogP contribution in [-0.2, 0) is 17.9 Å². The van der Waals surface area contributed by atoms with Crippen molar-refractivity contribution in [1.29, 1.82) is 0 Å². The summed E-state index contributed by atoms with van der Waals surface area (Å²) in [5.74, 6) is 0.312. The maximum absolute atomic E-state index is 12.3. The van der Waals surface area contributed by atoms with Crippen molar-refractivity contribution in [3.05, 3.63) is 78.4 Å². The molecule has 0 unspecified atom stereocenters. The third kappa shape index (κ3) is 4.29. The predicted octanol–water partition coefficient (Wildman–Crippen LogP) is 2.53. The standard InChI is InChI=1S/C20H19N7O/c1-15-7-8-18(24-23-15)17-11-21-27(13-17)14-20(28)22-19-9-10-26(25-19)12-16-5-3-2-4-6-16/h2-11,13H,12,14H2,1H3,(H,22,25,28). The minimum atomic E-state index is -0.199. The zero-order valence-corrected chi connectivity index (χ0v) is 15.4. The molecule has 0 atom stereocenters. The Labute approximate surface area is 161 Å². The van der Waals surface area contributed by atoms with Crippen LogP contribution in [0.2, 0.25) is 0 Å². The van der Waals surface area contributed by atoms with Crippen LogP contribution in [0.4, 0.5) is 5.82 Å². The van der Waals surface area contributed by atoms with Crippen molar-refractivity contribution >= 4 is 11.7 Å². The van der Waals surface area contributed by atoms with E-state index in [0.29, 0.717) is 12.4 Å². The van der Waals surface area contributed by atoms with Gasteiger partial charge in [0.05, 0.1) is 24.1 Å². The number of carbonyl (C=O) groups is 1. The fourth-order valence-corrected chi connectivity index (χ4v) is 2.75. The van der Waals surface area contributed by atoms with E-state index < -0.39 is 0 Å². The Bertz CT molecular complexity index is 1070. The molecule has 0 aliphatic rings. The topological polar surface area (TPSA) is 90.5 Å². The molecule has 3 heterocycles. The molecule has 1 aromatic carbocycles. The van der Waals surface area contributed by atoms with Crippen LogP contribution in [0.3, 0.4) is 0 Å². The van der Waals surface area contributed by atoms with Crippen LogP contribution in [0.15, 0.2) is 67.1 Å². The van der Waals surface area contributed by atoms with E-state index in [1.807, 2.05) is 55.6 Å². The zero-order chi connectivity index (χ0) is 19.3. The average molecular weight is 373 g/mol. The molecule has 4 rings (SSSR count). The molecule has 28 heavy (non-hydrogen) atoms. The molecule has 0 aliphatic heterocycles. The number of benzene rings is 1. The Hall–Kier alpha value is -3.81. The maximum Gasteiger partial charge on any atom is 0.247 e. The Balaban J connectivity index is 1.35. The number of anilines is 1. The van der Waals surface area contributed by atoms with E-state index in [2.05, 4.69) is 25.7 Å². The van der Waals surface area contributed by atoms with Gasteiger partial charge in [0.25, 0.3) is 0 Å². The van der Waals surface area contributed by atoms with Crippen LogP contribution < -0.4 is 5.32 Å². The van der Waals surface area contributed by atoms with Gasteiger partial charge in [-0.2, -0.15) is 20.4 Å². The van der Waals surface area contributed by atoms with Crippen LogP contribution >= 0.6 is 0 Å². The van der Waals surface area contributed by atoms with Crippen molar-refractivity contribution in [2.75, 3.05) is 5.32 Å². The van der Waals surface area contributed by atoms with Gasteiger partial charge in [-0.15, -0.1) is 0 Å². The summed E-state index contributed by atoms with van der Waals surface area (Å²) in [5.41, 5.74) is 3.53. The number of nitrogens with one attached hydrogen (secondary N) is 1. The summed E-state index contributed by atoms with van der Waals surface area (Å²) in [6.07, 6.45) is 5.28. The van der Waals surface area contributed by atoms with Gasteiger partial charge < -0.3 is 5.32 Å². The smallest absolute Gasteiger partial charge is 0.247 e. The highest BCUT2D eigenvalue weighted by atomic mass is 16.2. The second-order valence-electron chi connectivity index (χ2n) is 6.42. The van der Waals surface area contributed by atoms with Crippen LogP contribution in [-0.4, -0.2) is 35.7 Å². The fourth-order valence-electron chi connectivity index (χ4n) is 2.75. The van der Waals surface area contributed by atoms with E-state index in [0.717, 1.165) is 22.5 Å². The van der Waals surface area contributed by atoms with Gasteiger partial charge in [0, 0.05) is 24.0 Å². The number of aromatic nitrogens is 6. The molecule has 0 radical (unpaired) electrons. The first kappa shape index (κ1) is 17.6. The molecule has 8 heteroatoms. The molecule has 0 bridgehead atoms. The first-order valence-corrected chi connectivity index (χ1v) is 8.86. The van der Waals surface area contributed by atoms with Crippen molar-refractivity contribution in [2.24, 2.45) is 0 Å². The van der Waals surface area contributed by atoms with Gasteiger partial charge in [-0.1, -0.05) is 30.3 Å². The largest absolute Gasteiger partial charge is 0.308 e. The van der Waals surface area contributed by atoms with Gasteiger partial charge in [-0.3, -0.25) is 14.2 Å². The Morgan fingerprint density at radius 1 is 1.04 bits per heavy atom. The first-order valence-electron chi connectivity index (χ1n) is 8.86. The number of rotatable bonds is 6. The molecule has 140 valence electrons. The number of hydrogen-bond donors (Lipinski definition) is 1. The highest BCUT2D eigenvalue weighted by molar-refractivity contribution is 5.89.